The van der Waals surface area contributed by atoms with Crippen molar-refractivity contribution in [3.63, 3.8) is 0 Å². The number of carbonyl (C=O) groups is 5. The van der Waals surface area contributed by atoms with Crippen LogP contribution in [0.3, 0.4) is 0 Å². The molecule has 3 amide bonds. The molecule has 1 atom stereocenters. The van der Waals surface area contributed by atoms with Crippen LogP contribution in [0.4, 0.5) is 26.2 Å². The van der Waals surface area contributed by atoms with Crippen LogP contribution in [0.5, 0.6) is 0 Å². The number of aromatic carboxylic acids is 1. The number of carboxylic acids is 1. The number of Topliss-reactive ketones (excluding diaryl/α,β-unsaturated/α-hetero) is 1. The molecular formula is C33H37FN4O7. The number of hydrogen-bond acceptors (Lipinski definition) is 7. The number of rotatable bonds is 11. The van der Waals surface area contributed by atoms with Crippen molar-refractivity contribution in [2.24, 2.45) is 0 Å². The normalized spacial score (nSPS) is 11.6. The molecule has 0 aliphatic rings. The van der Waals surface area contributed by atoms with E-state index in [2.05, 4.69) is 10.6 Å². The van der Waals surface area contributed by atoms with Crippen LogP contribution in [0.1, 0.15) is 60.4 Å². The molecule has 0 radical (unpaired) electrons. The quantitative estimate of drug-likeness (QED) is 0.187. The third kappa shape index (κ3) is 9.62. The SMILES string of the molecule is CC(C(=O)c1cc(F)cc(N(C)Cc2ccccc2)c1NC(=O)CC(=O)Nc1ccc(C(=O)O)cc1)N(C)C(=O)OC(C)(C)C. The van der Waals surface area contributed by atoms with Crippen LogP contribution >= 0.6 is 0 Å². The lowest BCUT2D eigenvalue weighted by Gasteiger charge is -2.29. The maximum Gasteiger partial charge on any atom is 0.410 e. The van der Waals surface area contributed by atoms with E-state index in [1.165, 1.54) is 44.3 Å². The highest BCUT2D eigenvalue weighted by Crippen LogP contribution is 2.33. The fourth-order valence-electron chi connectivity index (χ4n) is 4.29. The molecule has 0 heterocycles. The number of ether oxygens (including phenoxy) is 1. The van der Waals surface area contributed by atoms with Gasteiger partial charge in [0.25, 0.3) is 0 Å². The highest BCUT2D eigenvalue weighted by Gasteiger charge is 2.31. The monoisotopic (exact) mass is 620 g/mol. The first kappa shape index (κ1) is 34.2. The van der Waals surface area contributed by atoms with Gasteiger partial charge in [-0.15, -0.1) is 0 Å². The number of halogens is 1. The zero-order chi connectivity index (χ0) is 33.5. The molecule has 0 bridgehead atoms. The number of nitrogens with zero attached hydrogens (tertiary/aromatic N) is 2. The van der Waals surface area contributed by atoms with Gasteiger partial charge in [-0.05, 0) is 69.7 Å². The molecular weight excluding hydrogens is 583 g/mol. The molecule has 3 aromatic carbocycles. The van der Waals surface area contributed by atoms with Gasteiger partial charge in [-0.3, -0.25) is 14.4 Å². The summed E-state index contributed by atoms with van der Waals surface area (Å²) < 4.78 is 20.5. The molecule has 0 aliphatic carbocycles. The van der Waals surface area contributed by atoms with Crippen LogP contribution in [-0.4, -0.2) is 65.4 Å². The Morgan fingerprint density at radius 1 is 0.911 bits per heavy atom. The van der Waals surface area contributed by atoms with Gasteiger partial charge in [0.2, 0.25) is 11.8 Å². The minimum absolute atomic E-state index is 0.0259. The second kappa shape index (κ2) is 14.5. The Bertz CT molecular complexity index is 1570. The average molecular weight is 621 g/mol. The van der Waals surface area contributed by atoms with E-state index in [1.54, 1.807) is 32.7 Å². The summed E-state index contributed by atoms with van der Waals surface area (Å²) in [6.07, 6.45) is -1.43. The summed E-state index contributed by atoms with van der Waals surface area (Å²) in [6.45, 7) is 6.80. The Morgan fingerprint density at radius 2 is 1.51 bits per heavy atom. The summed E-state index contributed by atoms with van der Waals surface area (Å²) in [4.78, 5) is 66.1. The number of carbonyl (C=O) groups excluding carboxylic acids is 4. The Morgan fingerprint density at radius 3 is 2.09 bits per heavy atom. The second-order valence-electron chi connectivity index (χ2n) is 11.5. The fourth-order valence-corrected chi connectivity index (χ4v) is 4.29. The van der Waals surface area contributed by atoms with Gasteiger partial charge in [-0.25, -0.2) is 14.0 Å². The summed E-state index contributed by atoms with van der Waals surface area (Å²) in [5.41, 5.74) is 0.292. The van der Waals surface area contributed by atoms with Crippen LogP contribution in [0.15, 0.2) is 66.7 Å². The molecule has 0 fully saturated rings. The third-order valence-corrected chi connectivity index (χ3v) is 6.66. The van der Waals surface area contributed by atoms with Crippen molar-refractivity contribution in [2.45, 2.75) is 52.3 Å². The molecule has 11 nitrogen and oxygen atoms in total. The van der Waals surface area contributed by atoms with Gasteiger partial charge in [-0.2, -0.15) is 0 Å². The van der Waals surface area contributed by atoms with Gasteiger partial charge in [-0.1, -0.05) is 30.3 Å². The van der Waals surface area contributed by atoms with E-state index >= 15 is 4.39 Å². The first-order valence-corrected chi connectivity index (χ1v) is 14.1. The molecule has 0 spiro atoms. The number of benzene rings is 3. The number of nitrogens with one attached hydrogen (secondary N) is 2. The lowest BCUT2D eigenvalue weighted by molar-refractivity contribution is -0.123. The third-order valence-electron chi connectivity index (χ3n) is 6.66. The van der Waals surface area contributed by atoms with E-state index in [0.717, 1.165) is 16.5 Å². The van der Waals surface area contributed by atoms with Gasteiger partial charge in [0.15, 0.2) is 5.78 Å². The molecule has 3 aromatic rings. The number of ketones is 1. The number of hydrogen-bond donors (Lipinski definition) is 3. The zero-order valence-electron chi connectivity index (χ0n) is 26.0. The van der Waals surface area contributed by atoms with E-state index in [4.69, 9.17) is 9.84 Å². The topological polar surface area (TPSA) is 145 Å². The van der Waals surface area contributed by atoms with Crippen LogP contribution in [0.25, 0.3) is 0 Å². The molecule has 238 valence electrons. The Balaban J connectivity index is 1.93. The zero-order valence-corrected chi connectivity index (χ0v) is 26.0. The van der Waals surface area contributed by atoms with Crippen molar-refractivity contribution < 1.29 is 38.2 Å². The minimum Gasteiger partial charge on any atom is -0.478 e. The van der Waals surface area contributed by atoms with E-state index in [9.17, 15) is 24.0 Å². The smallest absolute Gasteiger partial charge is 0.410 e. The predicted molar refractivity (Wildman–Crippen MR) is 168 cm³/mol. The van der Waals surface area contributed by atoms with Gasteiger partial charge >= 0.3 is 12.1 Å². The van der Waals surface area contributed by atoms with Crippen LogP contribution in [0, 0.1) is 5.82 Å². The van der Waals surface area contributed by atoms with Crippen molar-refractivity contribution in [1.29, 1.82) is 0 Å². The molecule has 0 saturated carbocycles. The Hall–Kier alpha value is -5.26. The molecule has 0 aromatic heterocycles. The standard InChI is InChI=1S/C33H37FN4O7/c1-20(38(6)32(44)45-33(2,3)4)30(41)25-16-23(34)17-26(37(5)19-21-10-8-7-9-11-21)29(25)36-28(40)18-27(39)35-24-14-12-22(13-15-24)31(42)43/h7-17,20H,18-19H2,1-6H3,(H,35,39)(H,36,40)(H,42,43). The van der Waals surface area contributed by atoms with Gasteiger partial charge < -0.3 is 30.3 Å². The molecule has 0 saturated heterocycles. The van der Waals surface area contributed by atoms with Crippen LogP contribution in [-0.2, 0) is 20.9 Å². The highest BCUT2D eigenvalue weighted by molar-refractivity contribution is 6.14. The Labute approximate surface area is 261 Å². The molecule has 3 rings (SSSR count). The lowest BCUT2D eigenvalue weighted by Crippen LogP contribution is -2.43. The van der Waals surface area contributed by atoms with Gasteiger partial charge in [0.05, 0.1) is 23.0 Å². The van der Waals surface area contributed by atoms with Crippen molar-refractivity contribution >= 4 is 46.7 Å². The Kier molecular flexibility index (Phi) is 11.0. The molecule has 45 heavy (non-hydrogen) atoms. The van der Waals surface area contributed by atoms with Gasteiger partial charge in [0, 0.05) is 31.9 Å². The number of amides is 3. The molecule has 3 N–H and O–H groups in total. The summed E-state index contributed by atoms with van der Waals surface area (Å²) in [5.74, 6) is -4.05. The summed E-state index contributed by atoms with van der Waals surface area (Å²) in [7, 11) is 3.04. The molecule has 1 unspecified atom stereocenters. The van der Waals surface area contributed by atoms with Crippen molar-refractivity contribution in [3.05, 3.63) is 89.2 Å². The van der Waals surface area contributed by atoms with Crippen molar-refractivity contribution in [2.75, 3.05) is 29.6 Å². The highest BCUT2D eigenvalue weighted by atomic mass is 19.1. The predicted octanol–water partition coefficient (Wildman–Crippen LogP) is 5.57. The summed E-state index contributed by atoms with van der Waals surface area (Å²) >= 11 is 0. The van der Waals surface area contributed by atoms with E-state index in [1.807, 2.05) is 30.3 Å². The largest absolute Gasteiger partial charge is 0.478 e. The molecule has 0 aliphatic heterocycles. The number of anilines is 3. The van der Waals surface area contributed by atoms with Crippen LogP contribution < -0.4 is 15.5 Å². The van der Waals surface area contributed by atoms with Crippen LogP contribution in [0.2, 0.25) is 0 Å². The van der Waals surface area contributed by atoms with E-state index < -0.39 is 53.5 Å². The summed E-state index contributed by atoms with van der Waals surface area (Å²) in [5, 5.41) is 14.2. The van der Waals surface area contributed by atoms with Crippen molar-refractivity contribution in [1.82, 2.24) is 4.90 Å². The molecule has 12 heteroatoms. The minimum atomic E-state index is -1.13. The lowest BCUT2D eigenvalue weighted by atomic mass is 10.00. The fraction of sp³-hybridized carbons (Fsp3) is 0.303. The second-order valence-corrected chi connectivity index (χ2v) is 11.5. The average Bonchev–Trinajstić information content (AvgIpc) is 2.96. The first-order chi connectivity index (χ1) is 21.1. The van der Waals surface area contributed by atoms with E-state index in [-0.39, 0.29) is 28.2 Å². The van der Waals surface area contributed by atoms with E-state index in [0.29, 0.717) is 6.54 Å². The van der Waals surface area contributed by atoms with Crippen molar-refractivity contribution in [3.8, 4) is 0 Å². The maximum atomic E-state index is 15.1. The summed E-state index contributed by atoms with van der Waals surface area (Å²) in [6, 6.07) is 15.7. The number of likely N-dealkylation sites (N-methyl/N-ethyl adjacent to an activating group) is 1. The number of carboxylic acid groups (broad SMARTS) is 1. The maximum absolute atomic E-state index is 15.1. The first-order valence-electron chi connectivity index (χ1n) is 14.1. The van der Waals surface area contributed by atoms with Gasteiger partial charge in [0.1, 0.15) is 17.8 Å².